The topological polar surface area (TPSA) is 116 Å². The largest absolute Gasteiger partial charge is 0.496 e. The molecule has 0 aliphatic carbocycles. The van der Waals surface area contributed by atoms with Crippen LogP contribution in [-0.2, 0) is 11.2 Å². The first kappa shape index (κ1) is 28.3. The quantitative estimate of drug-likeness (QED) is 0.177. The molecule has 1 amide bonds. The van der Waals surface area contributed by atoms with Gasteiger partial charge in [-0.15, -0.1) is 0 Å². The molecule has 4 rings (SSSR count). The zero-order valence-corrected chi connectivity index (χ0v) is 22.0. The minimum Gasteiger partial charge on any atom is -0.496 e. The monoisotopic (exact) mass is 549 g/mol. The summed E-state index contributed by atoms with van der Waals surface area (Å²) in [6, 6.07) is 16.2. The highest BCUT2D eigenvalue weighted by Gasteiger charge is 2.30. The van der Waals surface area contributed by atoms with Crippen LogP contribution in [0.3, 0.4) is 0 Å². The van der Waals surface area contributed by atoms with Crippen molar-refractivity contribution in [2.75, 3.05) is 20.8 Å². The molecule has 0 fully saturated rings. The molecule has 0 aliphatic heterocycles. The van der Waals surface area contributed by atoms with Crippen molar-refractivity contribution >= 4 is 22.8 Å². The summed E-state index contributed by atoms with van der Waals surface area (Å²) < 4.78 is 43.2. The van der Waals surface area contributed by atoms with Gasteiger partial charge in [-0.1, -0.05) is 36.9 Å². The Kier molecular flexibility index (Phi) is 8.49. The molecule has 0 radical (unpaired) electrons. The normalized spacial score (nSPS) is 12.0. The molecule has 4 N–H and O–H groups in total. The number of ether oxygens (including phenoxy) is 3. The van der Waals surface area contributed by atoms with Crippen molar-refractivity contribution in [1.82, 2.24) is 10.3 Å². The first-order valence-corrected chi connectivity index (χ1v) is 12.4. The van der Waals surface area contributed by atoms with Crippen LogP contribution >= 0.6 is 0 Å². The van der Waals surface area contributed by atoms with E-state index in [0.717, 1.165) is 16.5 Å². The lowest BCUT2D eigenvalue weighted by Gasteiger charge is -2.20. The highest BCUT2D eigenvalue weighted by Crippen LogP contribution is 2.33. The van der Waals surface area contributed by atoms with Gasteiger partial charge >= 0.3 is 12.1 Å². The summed E-state index contributed by atoms with van der Waals surface area (Å²) >= 11 is 0. The molecule has 1 atom stereocenters. The van der Waals surface area contributed by atoms with Crippen LogP contribution < -0.4 is 20.5 Å². The zero-order valence-electron chi connectivity index (χ0n) is 22.0. The predicted molar refractivity (Wildman–Crippen MR) is 148 cm³/mol. The Labute approximate surface area is 229 Å². The average Bonchev–Trinajstić information content (AvgIpc) is 3.38. The molecule has 1 aromatic heterocycles. The smallest absolute Gasteiger partial charge is 0.419 e. The highest BCUT2D eigenvalue weighted by atomic mass is 19.3. The Balaban J connectivity index is 1.68. The molecule has 8 nitrogen and oxygen atoms in total. The molecule has 0 saturated carbocycles. The number of carbonyl (C=O) groups excluding carboxylic acids is 2. The van der Waals surface area contributed by atoms with E-state index in [9.17, 15) is 18.4 Å². The van der Waals surface area contributed by atoms with E-state index in [4.69, 9.17) is 19.9 Å². The van der Waals surface area contributed by atoms with Crippen LogP contribution in [0.4, 0.5) is 8.78 Å². The van der Waals surface area contributed by atoms with Gasteiger partial charge in [0.2, 0.25) is 0 Å². The van der Waals surface area contributed by atoms with Gasteiger partial charge in [-0.2, -0.15) is 8.78 Å². The second-order valence-electron chi connectivity index (χ2n) is 8.96. The number of nitrogens with one attached hydrogen (secondary N) is 2. The lowest BCUT2D eigenvalue weighted by atomic mass is 9.99. The fourth-order valence-corrected chi connectivity index (χ4v) is 4.34. The van der Waals surface area contributed by atoms with Crippen LogP contribution in [0, 0.1) is 0 Å². The molecular weight excluding hydrogens is 520 g/mol. The number of nitrogens with two attached hydrogens (primary N) is 1. The van der Waals surface area contributed by atoms with Crippen LogP contribution in [0.2, 0.25) is 0 Å². The maximum Gasteiger partial charge on any atom is 0.419 e. The molecule has 1 heterocycles. The van der Waals surface area contributed by atoms with E-state index in [2.05, 4.69) is 16.9 Å². The number of H-pyrrole nitrogens is 1. The van der Waals surface area contributed by atoms with E-state index in [-0.39, 0.29) is 29.2 Å². The molecule has 3 aromatic carbocycles. The summed E-state index contributed by atoms with van der Waals surface area (Å²) in [5.74, 6) is -1.32. The molecular formula is C30H29F2N3O5. The van der Waals surface area contributed by atoms with Gasteiger partial charge in [0.15, 0.2) is 0 Å². The molecule has 1 unspecified atom stereocenters. The van der Waals surface area contributed by atoms with Gasteiger partial charge in [-0.3, -0.25) is 4.79 Å². The first-order chi connectivity index (χ1) is 19.2. The number of aromatic amines is 1. The lowest BCUT2D eigenvalue weighted by Crippen LogP contribution is -2.42. The number of benzene rings is 3. The van der Waals surface area contributed by atoms with E-state index in [0.29, 0.717) is 23.6 Å². The molecule has 40 heavy (non-hydrogen) atoms. The zero-order chi connectivity index (χ0) is 28.9. The maximum absolute atomic E-state index is 14.1. The van der Waals surface area contributed by atoms with E-state index >= 15 is 0 Å². The molecule has 0 saturated heterocycles. The number of aromatic nitrogens is 1. The van der Waals surface area contributed by atoms with Crippen molar-refractivity contribution in [2.45, 2.75) is 18.6 Å². The van der Waals surface area contributed by atoms with Crippen molar-refractivity contribution in [3.8, 4) is 22.6 Å². The third-order valence-corrected chi connectivity index (χ3v) is 6.41. The van der Waals surface area contributed by atoms with Gasteiger partial charge < -0.3 is 30.2 Å². The molecule has 0 spiro atoms. The summed E-state index contributed by atoms with van der Waals surface area (Å²) in [5.41, 5.74) is 9.02. The number of hydrogen-bond donors (Lipinski definition) is 3. The van der Waals surface area contributed by atoms with E-state index < -0.39 is 24.0 Å². The minimum atomic E-state index is -3.71. The number of fused-ring (bicyclic) bond motifs is 1. The number of hydrogen-bond acceptors (Lipinski definition) is 6. The summed E-state index contributed by atoms with van der Waals surface area (Å²) in [7, 11) is 2.66. The van der Waals surface area contributed by atoms with E-state index in [1.165, 1.54) is 38.5 Å². The van der Waals surface area contributed by atoms with E-state index in [1.807, 2.05) is 30.5 Å². The molecule has 0 bridgehead atoms. The Hall–Kier alpha value is -4.70. The number of esters is 1. The Bertz CT molecular complexity index is 1550. The molecule has 10 heteroatoms. The van der Waals surface area contributed by atoms with Gasteiger partial charge in [-0.25, -0.2) is 4.79 Å². The standard InChI is InChI=1S/C30H29F2N3O5/c1-4-30(31,32)40-26-12-10-18(19-9-11-23(29(37)39-3)27(15-19)38-2)14-24(26)28(36)35-21(16-33)13-20-17-34-25-8-6-5-7-22(20)25/h4-12,14-15,17,21,34H,1,13,16,33H2,2-3H3,(H,35,36). The van der Waals surface area contributed by atoms with Crippen LogP contribution in [0.15, 0.2) is 79.5 Å². The van der Waals surface area contributed by atoms with Crippen LogP contribution in [-0.4, -0.2) is 49.8 Å². The highest BCUT2D eigenvalue weighted by molar-refractivity contribution is 5.99. The molecule has 0 aliphatic rings. The third kappa shape index (κ3) is 6.13. The molecule has 208 valence electrons. The second-order valence-corrected chi connectivity index (χ2v) is 8.96. The predicted octanol–water partition coefficient (Wildman–Crippen LogP) is 5.09. The van der Waals surface area contributed by atoms with Gasteiger partial charge in [0, 0.05) is 35.8 Å². The third-order valence-electron chi connectivity index (χ3n) is 6.41. The number of carbonyl (C=O) groups is 2. The first-order valence-electron chi connectivity index (χ1n) is 12.4. The van der Waals surface area contributed by atoms with Gasteiger partial charge in [0.25, 0.3) is 5.91 Å². The van der Waals surface area contributed by atoms with Crippen molar-refractivity contribution in [1.29, 1.82) is 0 Å². The van der Waals surface area contributed by atoms with Gasteiger partial charge in [-0.05, 0) is 53.4 Å². The van der Waals surface area contributed by atoms with Crippen LogP contribution in [0.25, 0.3) is 22.0 Å². The fraction of sp³-hybridized carbons (Fsp3) is 0.200. The number of amides is 1. The maximum atomic E-state index is 14.1. The molecule has 4 aromatic rings. The fourth-order valence-electron chi connectivity index (χ4n) is 4.34. The number of rotatable bonds is 11. The lowest BCUT2D eigenvalue weighted by molar-refractivity contribution is -0.131. The number of methoxy groups -OCH3 is 2. The second kappa shape index (κ2) is 12.0. The van der Waals surface area contributed by atoms with Crippen LogP contribution in [0.5, 0.6) is 11.5 Å². The Morgan fingerprint density at radius 1 is 1.05 bits per heavy atom. The van der Waals surface area contributed by atoms with Crippen molar-refractivity contribution in [2.24, 2.45) is 5.73 Å². The van der Waals surface area contributed by atoms with Crippen molar-refractivity contribution in [3.05, 3.63) is 96.2 Å². The van der Waals surface area contributed by atoms with Crippen molar-refractivity contribution < 1.29 is 32.6 Å². The van der Waals surface area contributed by atoms with Crippen molar-refractivity contribution in [3.63, 3.8) is 0 Å². The minimum absolute atomic E-state index is 0.107. The SMILES string of the molecule is C=CC(F)(F)Oc1ccc(-c2ccc(C(=O)OC)c(OC)c2)cc1C(=O)NC(CN)Cc1c[nH]c2ccccc12. The van der Waals surface area contributed by atoms with Crippen LogP contribution in [0.1, 0.15) is 26.3 Å². The number of para-hydroxylation sites is 1. The van der Waals surface area contributed by atoms with E-state index in [1.54, 1.807) is 12.1 Å². The van der Waals surface area contributed by atoms with Gasteiger partial charge in [0.1, 0.15) is 17.1 Å². The average molecular weight is 550 g/mol. The summed E-state index contributed by atoms with van der Waals surface area (Å²) in [6.45, 7) is 3.21. The Morgan fingerprint density at radius 3 is 2.48 bits per heavy atom. The number of halogens is 2. The van der Waals surface area contributed by atoms with Gasteiger partial charge in [0.05, 0.1) is 19.8 Å². The summed E-state index contributed by atoms with van der Waals surface area (Å²) in [4.78, 5) is 28.7. The number of alkyl halides is 2. The summed E-state index contributed by atoms with van der Waals surface area (Å²) in [6.07, 6.45) is -1.10. The Morgan fingerprint density at radius 2 is 1.77 bits per heavy atom. The summed E-state index contributed by atoms with van der Waals surface area (Å²) in [5, 5.41) is 3.85.